The van der Waals surface area contributed by atoms with Crippen molar-refractivity contribution in [1.29, 1.82) is 0 Å². The van der Waals surface area contributed by atoms with Gasteiger partial charge in [0.2, 0.25) is 5.95 Å². The molecule has 0 atom stereocenters. The van der Waals surface area contributed by atoms with E-state index in [0.717, 1.165) is 11.3 Å². The summed E-state index contributed by atoms with van der Waals surface area (Å²) in [7, 11) is 0. The lowest BCUT2D eigenvalue weighted by Crippen LogP contribution is -2.03. The quantitative estimate of drug-likeness (QED) is 0.471. The number of hydrogen-bond donors (Lipinski definition) is 1. The third kappa shape index (κ3) is 2.98. The molecule has 6 nitrogen and oxygen atoms in total. The molecular formula is C22H15FN6. The molecule has 0 bridgehead atoms. The zero-order valence-corrected chi connectivity index (χ0v) is 15.2. The maximum absolute atomic E-state index is 13.4. The molecule has 0 saturated heterocycles. The Morgan fingerprint density at radius 3 is 2.45 bits per heavy atom. The fraction of sp³-hybridized carbons (Fsp3) is 0. The summed E-state index contributed by atoms with van der Waals surface area (Å²) in [6.45, 7) is 0. The van der Waals surface area contributed by atoms with Gasteiger partial charge in [0.25, 0.3) is 0 Å². The van der Waals surface area contributed by atoms with Crippen LogP contribution in [0.4, 0.5) is 10.2 Å². The highest BCUT2D eigenvalue weighted by molar-refractivity contribution is 5.84. The van der Waals surface area contributed by atoms with Gasteiger partial charge in [-0.05, 0) is 36.4 Å². The van der Waals surface area contributed by atoms with Crippen molar-refractivity contribution >= 4 is 17.0 Å². The van der Waals surface area contributed by atoms with Gasteiger partial charge in [0.1, 0.15) is 11.3 Å². The first-order valence-electron chi connectivity index (χ1n) is 8.98. The van der Waals surface area contributed by atoms with Crippen LogP contribution < -0.4 is 5.73 Å². The van der Waals surface area contributed by atoms with Crippen LogP contribution in [0.5, 0.6) is 0 Å². The first kappa shape index (κ1) is 17.0. The molecule has 0 unspecified atom stereocenters. The molecule has 0 aliphatic carbocycles. The van der Waals surface area contributed by atoms with Crippen molar-refractivity contribution in [3.8, 4) is 28.3 Å². The second-order valence-electron chi connectivity index (χ2n) is 6.45. The molecule has 0 aliphatic rings. The normalized spacial score (nSPS) is 11.1. The molecule has 0 amide bonds. The van der Waals surface area contributed by atoms with Crippen LogP contribution in [0, 0.1) is 5.95 Å². The third-order valence-corrected chi connectivity index (χ3v) is 4.62. The van der Waals surface area contributed by atoms with Crippen LogP contribution >= 0.6 is 0 Å². The standard InChI is InChI=1S/C22H15FN6/c23-19-11-8-15(13-26-19)29-21(16-7-4-12-25-20(16)24)28-18-10-9-17(27-22(18)29)14-5-2-1-3-6-14/h1-13H,(H2,24,25). The summed E-state index contributed by atoms with van der Waals surface area (Å²) >= 11 is 0. The van der Waals surface area contributed by atoms with E-state index in [9.17, 15) is 4.39 Å². The Bertz CT molecular complexity index is 1310. The number of pyridine rings is 3. The average Bonchev–Trinajstić information content (AvgIpc) is 3.14. The van der Waals surface area contributed by atoms with Gasteiger partial charge in [-0.1, -0.05) is 30.3 Å². The van der Waals surface area contributed by atoms with E-state index in [1.807, 2.05) is 53.1 Å². The van der Waals surface area contributed by atoms with Gasteiger partial charge in [-0.2, -0.15) is 4.39 Å². The predicted octanol–water partition coefficient (Wildman–Crippen LogP) is 4.27. The maximum atomic E-state index is 13.4. The lowest BCUT2D eigenvalue weighted by molar-refractivity contribution is 0.583. The molecule has 4 aromatic heterocycles. The van der Waals surface area contributed by atoms with E-state index in [4.69, 9.17) is 15.7 Å². The van der Waals surface area contributed by atoms with E-state index in [-0.39, 0.29) is 0 Å². The number of benzene rings is 1. The van der Waals surface area contributed by atoms with Crippen molar-refractivity contribution in [2.45, 2.75) is 0 Å². The second-order valence-corrected chi connectivity index (χ2v) is 6.45. The van der Waals surface area contributed by atoms with Crippen LogP contribution in [-0.4, -0.2) is 24.5 Å². The van der Waals surface area contributed by atoms with Crippen molar-refractivity contribution in [2.24, 2.45) is 0 Å². The van der Waals surface area contributed by atoms with Crippen LogP contribution in [0.15, 0.2) is 79.1 Å². The molecule has 1 aromatic carbocycles. The van der Waals surface area contributed by atoms with Crippen molar-refractivity contribution < 1.29 is 4.39 Å². The van der Waals surface area contributed by atoms with Crippen molar-refractivity contribution in [3.63, 3.8) is 0 Å². The van der Waals surface area contributed by atoms with Crippen molar-refractivity contribution in [2.75, 3.05) is 5.73 Å². The van der Waals surface area contributed by atoms with Gasteiger partial charge in [0, 0.05) is 11.8 Å². The van der Waals surface area contributed by atoms with E-state index >= 15 is 0 Å². The summed E-state index contributed by atoms with van der Waals surface area (Å²) in [5.41, 5.74) is 10.5. The fourth-order valence-corrected chi connectivity index (χ4v) is 3.26. The number of anilines is 1. The first-order valence-corrected chi connectivity index (χ1v) is 8.98. The van der Waals surface area contributed by atoms with Gasteiger partial charge >= 0.3 is 0 Å². The summed E-state index contributed by atoms with van der Waals surface area (Å²) in [5, 5.41) is 0. The molecule has 0 aliphatic heterocycles. The minimum atomic E-state index is -0.557. The molecule has 29 heavy (non-hydrogen) atoms. The third-order valence-electron chi connectivity index (χ3n) is 4.62. The van der Waals surface area contributed by atoms with E-state index < -0.39 is 5.95 Å². The number of aromatic nitrogens is 5. The van der Waals surface area contributed by atoms with Gasteiger partial charge in [-0.15, -0.1) is 0 Å². The Morgan fingerprint density at radius 2 is 1.69 bits per heavy atom. The maximum Gasteiger partial charge on any atom is 0.212 e. The Labute approximate surface area is 165 Å². The first-order chi connectivity index (χ1) is 14.2. The Balaban J connectivity index is 1.81. The molecule has 0 radical (unpaired) electrons. The van der Waals surface area contributed by atoms with Crippen LogP contribution in [0.1, 0.15) is 0 Å². The second kappa shape index (κ2) is 6.79. The van der Waals surface area contributed by atoms with E-state index in [1.54, 1.807) is 18.3 Å². The van der Waals surface area contributed by atoms with E-state index in [2.05, 4.69) is 9.97 Å². The lowest BCUT2D eigenvalue weighted by Gasteiger charge is -2.10. The summed E-state index contributed by atoms with van der Waals surface area (Å²) in [4.78, 5) is 17.5. The van der Waals surface area contributed by atoms with Gasteiger partial charge in [0.05, 0.1) is 23.1 Å². The number of halogens is 1. The van der Waals surface area contributed by atoms with Crippen LogP contribution in [0.25, 0.3) is 39.5 Å². The number of imidazole rings is 1. The van der Waals surface area contributed by atoms with Crippen molar-refractivity contribution in [3.05, 3.63) is 85.1 Å². The lowest BCUT2D eigenvalue weighted by atomic mass is 10.1. The predicted molar refractivity (Wildman–Crippen MR) is 110 cm³/mol. The number of nitrogens with two attached hydrogens (primary N) is 1. The highest BCUT2D eigenvalue weighted by atomic mass is 19.1. The van der Waals surface area contributed by atoms with Crippen LogP contribution in [0.3, 0.4) is 0 Å². The summed E-state index contributed by atoms with van der Waals surface area (Å²) < 4.78 is 15.3. The number of nitrogen functional groups attached to an aromatic ring is 1. The molecule has 5 rings (SSSR count). The van der Waals surface area contributed by atoms with Crippen LogP contribution in [0.2, 0.25) is 0 Å². The molecule has 0 saturated carbocycles. The largest absolute Gasteiger partial charge is 0.383 e. The number of hydrogen-bond acceptors (Lipinski definition) is 5. The van der Waals surface area contributed by atoms with Gasteiger partial charge in [0.15, 0.2) is 11.5 Å². The van der Waals surface area contributed by atoms with Gasteiger partial charge in [-0.3, -0.25) is 4.57 Å². The molecule has 7 heteroatoms. The molecule has 5 aromatic rings. The zero-order valence-electron chi connectivity index (χ0n) is 15.2. The molecule has 0 fully saturated rings. The molecule has 4 heterocycles. The monoisotopic (exact) mass is 382 g/mol. The van der Waals surface area contributed by atoms with E-state index in [0.29, 0.717) is 34.1 Å². The Hall–Kier alpha value is -4.13. The minimum Gasteiger partial charge on any atom is -0.383 e. The highest BCUT2D eigenvalue weighted by Crippen LogP contribution is 2.31. The SMILES string of the molecule is Nc1ncccc1-c1nc2ccc(-c3ccccc3)nc2n1-c1ccc(F)nc1. The topological polar surface area (TPSA) is 82.5 Å². The summed E-state index contributed by atoms with van der Waals surface area (Å²) in [6, 6.07) is 20.3. The number of rotatable bonds is 3. The average molecular weight is 382 g/mol. The highest BCUT2D eigenvalue weighted by Gasteiger charge is 2.18. The molecule has 140 valence electrons. The van der Waals surface area contributed by atoms with Crippen molar-refractivity contribution in [1.82, 2.24) is 24.5 Å². The summed E-state index contributed by atoms with van der Waals surface area (Å²) in [6.07, 6.45) is 3.07. The minimum absolute atomic E-state index is 0.349. The molecular weight excluding hydrogens is 367 g/mol. The van der Waals surface area contributed by atoms with E-state index in [1.165, 1.54) is 12.3 Å². The molecule has 2 N–H and O–H groups in total. The molecule has 0 spiro atoms. The smallest absolute Gasteiger partial charge is 0.212 e. The van der Waals surface area contributed by atoms with Crippen LogP contribution in [-0.2, 0) is 0 Å². The number of fused-ring (bicyclic) bond motifs is 1. The zero-order chi connectivity index (χ0) is 19.8. The Morgan fingerprint density at radius 1 is 0.828 bits per heavy atom. The Kier molecular flexibility index (Phi) is 3.98. The summed E-state index contributed by atoms with van der Waals surface area (Å²) in [5.74, 6) is 0.359. The fourth-order valence-electron chi connectivity index (χ4n) is 3.26. The van der Waals surface area contributed by atoms with Gasteiger partial charge in [-0.25, -0.2) is 19.9 Å². The van der Waals surface area contributed by atoms with Gasteiger partial charge < -0.3 is 5.73 Å². The number of nitrogens with zero attached hydrogens (tertiary/aromatic N) is 5.